The van der Waals surface area contributed by atoms with Crippen LogP contribution in [0.4, 0.5) is 17.2 Å². The normalized spacial score (nSPS) is 14.1. The Morgan fingerprint density at radius 3 is 2.60 bits per heavy atom. The van der Waals surface area contributed by atoms with Crippen LogP contribution in [-0.2, 0) is 0 Å². The molecule has 102 valence electrons. The standard InChI is InChI=1S/C15H16N4O/c1-18-8-9-19(13-5-3-2-4-12(13)18)15(20)11-6-7-14(16)17-10-11/h2-7,10H,8-9H2,1H3,(H2,16,17). The molecule has 20 heavy (non-hydrogen) atoms. The van der Waals surface area contributed by atoms with Gasteiger partial charge < -0.3 is 15.5 Å². The number of likely N-dealkylation sites (N-methyl/N-ethyl adjacent to an activating group) is 1. The third-order valence-corrected chi connectivity index (χ3v) is 3.52. The van der Waals surface area contributed by atoms with Gasteiger partial charge in [0.05, 0.1) is 16.9 Å². The minimum Gasteiger partial charge on any atom is -0.384 e. The van der Waals surface area contributed by atoms with Crippen molar-refractivity contribution in [3.05, 3.63) is 48.2 Å². The molecular formula is C15H16N4O. The highest BCUT2D eigenvalue weighted by Gasteiger charge is 2.25. The number of rotatable bonds is 1. The summed E-state index contributed by atoms with van der Waals surface area (Å²) in [6, 6.07) is 11.3. The minimum atomic E-state index is -0.0435. The molecule has 0 saturated carbocycles. The zero-order valence-corrected chi connectivity index (χ0v) is 11.3. The van der Waals surface area contributed by atoms with Crippen molar-refractivity contribution < 1.29 is 4.79 Å². The smallest absolute Gasteiger partial charge is 0.259 e. The molecule has 0 spiro atoms. The molecule has 1 aromatic carbocycles. The lowest BCUT2D eigenvalue weighted by Gasteiger charge is -2.35. The van der Waals surface area contributed by atoms with Crippen molar-refractivity contribution in [2.45, 2.75) is 0 Å². The van der Waals surface area contributed by atoms with Gasteiger partial charge in [0.25, 0.3) is 5.91 Å². The van der Waals surface area contributed by atoms with E-state index in [0.717, 1.165) is 17.9 Å². The molecule has 0 bridgehead atoms. The number of nitrogen functional groups attached to an aromatic ring is 1. The van der Waals surface area contributed by atoms with E-state index < -0.39 is 0 Å². The summed E-state index contributed by atoms with van der Waals surface area (Å²) in [5, 5.41) is 0. The van der Waals surface area contributed by atoms with Gasteiger partial charge in [-0.05, 0) is 24.3 Å². The van der Waals surface area contributed by atoms with Crippen molar-refractivity contribution in [3.8, 4) is 0 Å². The molecule has 0 atom stereocenters. The molecule has 1 aliphatic heterocycles. The molecule has 0 saturated heterocycles. The predicted octanol–water partition coefficient (Wildman–Crippen LogP) is 1.76. The second kappa shape index (κ2) is 4.85. The highest BCUT2D eigenvalue weighted by molar-refractivity contribution is 6.08. The average molecular weight is 268 g/mol. The van der Waals surface area contributed by atoms with Crippen LogP contribution >= 0.6 is 0 Å². The van der Waals surface area contributed by atoms with E-state index in [0.29, 0.717) is 17.9 Å². The lowest BCUT2D eigenvalue weighted by molar-refractivity contribution is 0.0986. The van der Waals surface area contributed by atoms with Crippen molar-refractivity contribution >= 4 is 23.1 Å². The fraction of sp³-hybridized carbons (Fsp3) is 0.200. The molecule has 5 nitrogen and oxygen atoms in total. The van der Waals surface area contributed by atoms with Crippen LogP contribution in [0.3, 0.4) is 0 Å². The molecule has 0 fully saturated rings. The number of benzene rings is 1. The van der Waals surface area contributed by atoms with Crippen LogP contribution in [0.15, 0.2) is 42.6 Å². The van der Waals surface area contributed by atoms with Gasteiger partial charge in [-0.1, -0.05) is 12.1 Å². The molecule has 2 N–H and O–H groups in total. The highest BCUT2D eigenvalue weighted by Crippen LogP contribution is 2.32. The van der Waals surface area contributed by atoms with Crippen LogP contribution in [0.2, 0.25) is 0 Å². The van der Waals surface area contributed by atoms with Gasteiger partial charge in [-0.15, -0.1) is 0 Å². The van der Waals surface area contributed by atoms with E-state index in [9.17, 15) is 4.79 Å². The summed E-state index contributed by atoms with van der Waals surface area (Å²) in [7, 11) is 2.03. The fourth-order valence-corrected chi connectivity index (χ4v) is 2.40. The number of hydrogen-bond acceptors (Lipinski definition) is 4. The number of hydrogen-bond donors (Lipinski definition) is 1. The summed E-state index contributed by atoms with van der Waals surface area (Å²) in [6.45, 7) is 1.47. The molecule has 3 rings (SSSR count). The Balaban J connectivity index is 1.97. The van der Waals surface area contributed by atoms with Gasteiger partial charge in [0, 0.05) is 26.3 Å². The molecule has 2 heterocycles. The predicted molar refractivity (Wildman–Crippen MR) is 80.0 cm³/mol. The van der Waals surface area contributed by atoms with Crippen LogP contribution in [0.1, 0.15) is 10.4 Å². The van der Waals surface area contributed by atoms with Gasteiger partial charge in [-0.25, -0.2) is 4.98 Å². The summed E-state index contributed by atoms with van der Waals surface area (Å²) in [5.74, 6) is 0.373. The monoisotopic (exact) mass is 268 g/mol. The van der Waals surface area contributed by atoms with Crippen LogP contribution < -0.4 is 15.5 Å². The van der Waals surface area contributed by atoms with E-state index in [1.165, 1.54) is 6.20 Å². The number of fused-ring (bicyclic) bond motifs is 1. The van der Waals surface area contributed by atoms with E-state index in [1.807, 2.05) is 31.3 Å². The van der Waals surface area contributed by atoms with E-state index in [-0.39, 0.29) is 5.91 Å². The Bertz CT molecular complexity index is 639. The summed E-state index contributed by atoms with van der Waals surface area (Å²) in [5.41, 5.74) is 8.11. The lowest BCUT2D eigenvalue weighted by Crippen LogP contribution is -2.42. The van der Waals surface area contributed by atoms with Crippen LogP contribution in [0.5, 0.6) is 0 Å². The number of carbonyl (C=O) groups is 1. The number of anilines is 3. The number of nitrogens with two attached hydrogens (primary N) is 1. The molecule has 2 aromatic rings. The molecule has 0 aliphatic carbocycles. The van der Waals surface area contributed by atoms with Crippen LogP contribution in [-0.4, -0.2) is 31.0 Å². The molecule has 0 radical (unpaired) electrons. The van der Waals surface area contributed by atoms with E-state index in [4.69, 9.17) is 5.73 Å². The molecule has 1 aromatic heterocycles. The first-order valence-electron chi connectivity index (χ1n) is 6.50. The Labute approximate surface area is 117 Å². The van der Waals surface area contributed by atoms with Crippen molar-refractivity contribution in [1.82, 2.24) is 4.98 Å². The van der Waals surface area contributed by atoms with E-state index in [2.05, 4.69) is 9.88 Å². The van der Waals surface area contributed by atoms with Crippen LogP contribution in [0, 0.1) is 0 Å². The summed E-state index contributed by atoms with van der Waals surface area (Å²) in [6.07, 6.45) is 1.53. The first kappa shape index (κ1) is 12.5. The quantitative estimate of drug-likeness (QED) is 0.856. The Hall–Kier alpha value is -2.56. The van der Waals surface area contributed by atoms with Crippen molar-refractivity contribution in [2.24, 2.45) is 0 Å². The molecule has 0 unspecified atom stereocenters. The third-order valence-electron chi connectivity index (χ3n) is 3.52. The molecule has 1 amide bonds. The maximum atomic E-state index is 12.6. The molecule has 1 aliphatic rings. The van der Waals surface area contributed by atoms with Gasteiger partial charge >= 0.3 is 0 Å². The number of para-hydroxylation sites is 2. The summed E-state index contributed by atoms with van der Waals surface area (Å²) >= 11 is 0. The SMILES string of the molecule is CN1CCN(C(=O)c2ccc(N)nc2)c2ccccc21. The van der Waals surface area contributed by atoms with E-state index >= 15 is 0 Å². The molecular weight excluding hydrogens is 252 g/mol. The number of amides is 1. The first-order chi connectivity index (χ1) is 9.66. The van der Waals surface area contributed by atoms with E-state index in [1.54, 1.807) is 17.0 Å². The Morgan fingerprint density at radius 1 is 1.15 bits per heavy atom. The average Bonchev–Trinajstić information content (AvgIpc) is 2.48. The van der Waals surface area contributed by atoms with Crippen molar-refractivity contribution in [1.29, 1.82) is 0 Å². The minimum absolute atomic E-state index is 0.0435. The number of carbonyl (C=O) groups excluding carboxylic acids is 1. The second-order valence-corrected chi connectivity index (χ2v) is 4.84. The summed E-state index contributed by atoms with van der Waals surface area (Å²) in [4.78, 5) is 20.5. The Morgan fingerprint density at radius 2 is 1.90 bits per heavy atom. The van der Waals surface area contributed by atoms with Gasteiger partial charge in [-0.2, -0.15) is 0 Å². The maximum Gasteiger partial charge on any atom is 0.259 e. The van der Waals surface area contributed by atoms with Gasteiger partial charge in [0.1, 0.15) is 5.82 Å². The first-order valence-corrected chi connectivity index (χ1v) is 6.50. The lowest BCUT2D eigenvalue weighted by atomic mass is 10.1. The maximum absolute atomic E-state index is 12.6. The zero-order valence-electron chi connectivity index (χ0n) is 11.3. The second-order valence-electron chi connectivity index (χ2n) is 4.84. The number of pyridine rings is 1. The fourth-order valence-electron chi connectivity index (χ4n) is 2.40. The highest BCUT2D eigenvalue weighted by atomic mass is 16.2. The summed E-state index contributed by atoms with van der Waals surface area (Å²) < 4.78 is 0. The van der Waals surface area contributed by atoms with Crippen molar-refractivity contribution in [2.75, 3.05) is 35.7 Å². The third kappa shape index (κ3) is 2.07. The topological polar surface area (TPSA) is 62.5 Å². The van der Waals surface area contributed by atoms with Gasteiger partial charge in [0.15, 0.2) is 0 Å². The molecule has 5 heteroatoms. The Kier molecular flexibility index (Phi) is 3.02. The number of nitrogens with zero attached hydrogens (tertiary/aromatic N) is 3. The van der Waals surface area contributed by atoms with Gasteiger partial charge in [-0.3, -0.25) is 4.79 Å². The zero-order chi connectivity index (χ0) is 14.1. The van der Waals surface area contributed by atoms with Crippen LogP contribution in [0.25, 0.3) is 0 Å². The van der Waals surface area contributed by atoms with Crippen molar-refractivity contribution in [3.63, 3.8) is 0 Å². The van der Waals surface area contributed by atoms with Gasteiger partial charge in [0.2, 0.25) is 0 Å². The number of aromatic nitrogens is 1. The largest absolute Gasteiger partial charge is 0.384 e.